The van der Waals surface area contributed by atoms with Gasteiger partial charge in [0.05, 0.1) is 12.0 Å². The van der Waals surface area contributed by atoms with E-state index in [1.54, 1.807) is 16.4 Å². The molecule has 0 saturated carbocycles. The largest absolute Gasteiger partial charge is 0.453 e. The molecular formula is C18H21N5O4S. The number of aryl methyl sites for hydroxylation is 1. The van der Waals surface area contributed by atoms with Gasteiger partial charge in [0.1, 0.15) is 12.1 Å². The highest BCUT2D eigenvalue weighted by atomic mass is 32.2. The molecule has 5 rings (SSSR count). The van der Waals surface area contributed by atoms with Crippen LogP contribution in [0.1, 0.15) is 12.1 Å². The van der Waals surface area contributed by atoms with Crippen molar-refractivity contribution in [1.29, 1.82) is 0 Å². The van der Waals surface area contributed by atoms with E-state index < -0.39 is 16.1 Å². The zero-order valence-corrected chi connectivity index (χ0v) is 16.4. The Hall–Kier alpha value is -2.72. The summed E-state index contributed by atoms with van der Waals surface area (Å²) in [5.74, 6) is 0.831. The van der Waals surface area contributed by atoms with Gasteiger partial charge in [-0.25, -0.2) is 23.2 Å². The quantitative estimate of drug-likeness (QED) is 0.827. The third kappa shape index (κ3) is 3.29. The van der Waals surface area contributed by atoms with E-state index in [1.165, 1.54) is 25.6 Å². The number of aromatic nitrogens is 2. The lowest BCUT2D eigenvalue weighted by Crippen LogP contribution is -2.70. The van der Waals surface area contributed by atoms with Crippen LogP contribution in [0, 0.1) is 6.92 Å². The number of fused-ring (bicyclic) bond motifs is 2. The van der Waals surface area contributed by atoms with Gasteiger partial charge in [0.2, 0.25) is 10.0 Å². The van der Waals surface area contributed by atoms with Crippen molar-refractivity contribution in [2.45, 2.75) is 30.3 Å². The molecule has 10 heteroatoms. The number of nitrogens with one attached hydrogen (secondary N) is 1. The third-order valence-corrected chi connectivity index (χ3v) is 7.12. The van der Waals surface area contributed by atoms with Gasteiger partial charge in [-0.05, 0) is 37.6 Å². The first-order chi connectivity index (χ1) is 13.4. The summed E-state index contributed by atoms with van der Waals surface area (Å²) in [4.78, 5) is 22.0. The number of rotatable bonds is 4. The number of nitrogens with zero attached hydrogens (tertiary/aromatic N) is 4. The molecule has 3 aliphatic heterocycles. The topological polar surface area (TPSA) is 105 Å². The molecule has 2 atom stereocenters. The van der Waals surface area contributed by atoms with Crippen LogP contribution in [0.3, 0.4) is 0 Å². The average molecular weight is 403 g/mol. The summed E-state index contributed by atoms with van der Waals surface area (Å²) < 4.78 is 32.3. The predicted octanol–water partition coefficient (Wildman–Crippen LogP) is 1.62. The van der Waals surface area contributed by atoms with Crippen molar-refractivity contribution >= 4 is 27.6 Å². The maximum absolute atomic E-state index is 13.1. The first kappa shape index (κ1) is 18.6. The van der Waals surface area contributed by atoms with Gasteiger partial charge in [-0.2, -0.15) is 4.31 Å². The minimum Gasteiger partial charge on any atom is -0.453 e. The maximum atomic E-state index is 13.1. The molecule has 9 nitrogen and oxygen atoms in total. The third-order valence-electron chi connectivity index (χ3n) is 5.10. The van der Waals surface area contributed by atoms with Crippen LogP contribution < -0.4 is 10.2 Å². The van der Waals surface area contributed by atoms with E-state index in [4.69, 9.17) is 0 Å². The lowest BCUT2D eigenvalue weighted by Gasteiger charge is -2.55. The number of piperazine rings is 1. The summed E-state index contributed by atoms with van der Waals surface area (Å²) >= 11 is 0. The molecule has 0 radical (unpaired) electrons. The lowest BCUT2D eigenvalue weighted by atomic mass is 9.91. The first-order valence-corrected chi connectivity index (χ1v) is 10.3. The summed E-state index contributed by atoms with van der Waals surface area (Å²) in [6, 6.07) is 7.86. The number of anilines is 2. The monoisotopic (exact) mass is 403 g/mol. The van der Waals surface area contributed by atoms with Gasteiger partial charge in [-0.3, -0.25) is 5.32 Å². The molecule has 1 aromatic heterocycles. The zero-order valence-electron chi connectivity index (χ0n) is 15.6. The standard InChI is InChI=1S/C18H21N5O4S/c1-12-7-17(20-11-19-12)22-9-14-8-15(10-22)23(14)28(25,26)16-5-3-13(4-6-16)21-18(24)27-2/h3-7,11,14-15H,8-10H2,1-2H3,(H,21,24). The highest BCUT2D eigenvalue weighted by Crippen LogP contribution is 2.38. The molecule has 2 aromatic rings. The molecule has 3 aliphatic rings. The van der Waals surface area contributed by atoms with E-state index >= 15 is 0 Å². The lowest BCUT2D eigenvalue weighted by molar-refractivity contribution is 0.0874. The van der Waals surface area contributed by atoms with E-state index in [1.807, 2.05) is 13.0 Å². The molecule has 2 unspecified atom stereocenters. The van der Waals surface area contributed by atoms with Crippen molar-refractivity contribution in [2.24, 2.45) is 0 Å². The SMILES string of the molecule is COC(=O)Nc1ccc(S(=O)(=O)N2C3CC2CN(c2cc(C)ncn2)C3)cc1. The number of benzene rings is 1. The molecule has 1 amide bonds. The molecule has 3 fully saturated rings. The Labute approximate surface area is 163 Å². The van der Waals surface area contributed by atoms with Crippen LogP contribution in [-0.4, -0.2) is 61.1 Å². The number of hydrogen-bond donors (Lipinski definition) is 1. The molecule has 2 bridgehead atoms. The average Bonchev–Trinajstić information content (AvgIpc) is 2.68. The number of sulfonamides is 1. The number of ether oxygens (including phenoxy) is 1. The number of carbonyl (C=O) groups excluding carboxylic acids is 1. The molecule has 3 saturated heterocycles. The first-order valence-electron chi connectivity index (χ1n) is 8.90. The Morgan fingerprint density at radius 3 is 2.46 bits per heavy atom. The van der Waals surface area contributed by atoms with E-state index in [0.717, 1.165) is 17.9 Å². The van der Waals surface area contributed by atoms with Crippen LogP contribution in [0.2, 0.25) is 0 Å². The number of hydrogen-bond acceptors (Lipinski definition) is 7. The summed E-state index contributed by atoms with van der Waals surface area (Å²) in [7, 11) is -2.33. The summed E-state index contributed by atoms with van der Waals surface area (Å²) in [6.07, 6.45) is 1.78. The number of methoxy groups -OCH3 is 1. The molecule has 1 N–H and O–H groups in total. The van der Waals surface area contributed by atoms with Gasteiger partial charge in [-0.15, -0.1) is 0 Å². The number of carbonyl (C=O) groups is 1. The molecule has 1 aromatic carbocycles. The molecular weight excluding hydrogens is 382 g/mol. The van der Waals surface area contributed by atoms with Gasteiger partial charge >= 0.3 is 6.09 Å². The van der Waals surface area contributed by atoms with Crippen molar-refractivity contribution < 1.29 is 17.9 Å². The molecule has 4 heterocycles. The van der Waals surface area contributed by atoms with Crippen LogP contribution in [0.4, 0.5) is 16.3 Å². The van der Waals surface area contributed by atoms with Crippen LogP contribution >= 0.6 is 0 Å². The Kier molecular flexibility index (Phi) is 4.68. The fourth-order valence-corrected chi connectivity index (χ4v) is 5.58. The van der Waals surface area contributed by atoms with E-state index in [2.05, 4.69) is 24.9 Å². The van der Waals surface area contributed by atoms with E-state index in [9.17, 15) is 13.2 Å². The highest BCUT2D eigenvalue weighted by molar-refractivity contribution is 7.89. The van der Waals surface area contributed by atoms with Gasteiger partial charge in [0, 0.05) is 42.6 Å². The van der Waals surface area contributed by atoms with E-state index in [-0.39, 0.29) is 17.0 Å². The van der Waals surface area contributed by atoms with Gasteiger partial charge < -0.3 is 9.64 Å². The second-order valence-corrected chi connectivity index (χ2v) is 8.79. The molecule has 0 spiro atoms. The fraction of sp³-hybridized carbons (Fsp3) is 0.389. The van der Waals surface area contributed by atoms with Gasteiger partial charge in [0.15, 0.2) is 0 Å². The van der Waals surface area contributed by atoms with Crippen LogP contribution in [0.15, 0.2) is 41.6 Å². The smallest absolute Gasteiger partial charge is 0.411 e. The van der Waals surface area contributed by atoms with Crippen LogP contribution in [0.25, 0.3) is 0 Å². The van der Waals surface area contributed by atoms with Gasteiger partial charge in [-0.1, -0.05) is 0 Å². The summed E-state index contributed by atoms with van der Waals surface area (Å²) in [6.45, 7) is 3.12. The number of piperidine rings is 1. The van der Waals surface area contributed by atoms with Crippen molar-refractivity contribution in [2.75, 3.05) is 30.4 Å². The van der Waals surface area contributed by atoms with E-state index in [0.29, 0.717) is 18.8 Å². The second kappa shape index (κ2) is 7.02. The van der Waals surface area contributed by atoms with Crippen molar-refractivity contribution in [3.05, 3.63) is 42.4 Å². The second-order valence-electron chi connectivity index (χ2n) is 6.94. The van der Waals surface area contributed by atoms with Crippen LogP contribution in [0.5, 0.6) is 0 Å². The summed E-state index contributed by atoms with van der Waals surface area (Å²) in [5.41, 5.74) is 1.36. The molecule has 148 valence electrons. The Morgan fingerprint density at radius 2 is 1.86 bits per heavy atom. The summed E-state index contributed by atoms with van der Waals surface area (Å²) in [5, 5.41) is 2.51. The predicted molar refractivity (Wildman–Crippen MR) is 103 cm³/mol. The molecule has 28 heavy (non-hydrogen) atoms. The van der Waals surface area contributed by atoms with Gasteiger partial charge in [0.25, 0.3) is 0 Å². The Bertz CT molecular complexity index is 983. The Balaban J connectivity index is 1.48. The zero-order chi connectivity index (χ0) is 19.9. The maximum Gasteiger partial charge on any atom is 0.411 e. The number of amides is 1. The van der Waals surface area contributed by atoms with Crippen molar-refractivity contribution in [1.82, 2.24) is 14.3 Å². The van der Waals surface area contributed by atoms with Crippen molar-refractivity contribution in [3.63, 3.8) is 0 Å². The Morgan fingerprint density at radius 1 is 1.18 bits per heavy atom. The fourth-order valence-electron chi connectivity index (χ4n) is 3.77. The highest BCUT2D eigenvalue weighted by Gasteiger charge is 2.51. The minimum atomic E-state index is -3.60. The van der Waals surface area contributed by atoms with Crippen molar-refractivity contribution in [3.8, 4) is 0 Å². The van der Waals surface area contributed by atoms with Crippen LogP contribution in [-0.2, 0) is 14.8 Å². The molecule has 0 aliphatic carbocycles. The normalized spacial score (nSPS) is 21.7. The minimum absolute atomic E-state index is 0.0770.